The van der Waals surface area contributed by atoms with E-state index in [1.165, 1.54) is 17.3 Å². The van der Waals surface area contributed by atoms with Crippen molar-refractivity contribution in [1.82, 2.24) is 10.2 Å². The summed E-state index contributed by atoms with van der Waals surface area (Å²) in [5, 5.41) is 9.31. The molecule has 6 heteroatoms. The van der Waals surface area contributed by atoms with Crippen LogP contribution >= 0.6 is 23.4 Å². The van der Waals surface area contributed by atoms with Gasteiger partial charge in [-0.1, -0.05) is 47.1 Å². The lowest BCUT2D eigenvalue weighted by Gasteiger charge is -2.04. The molecule has 0 fully saturated rings. The second-order valence-electron chi connectivity index (χ2n) is 4.89. The van der Waals surface area contributed by atoms with E-state index in [9.17, 15) is 0 Å². The Balaban J connectivity index is 1.50. The highest BCUT2D eigenvalue weighted by molar-refractivity contribution is 7.99. The summed E-state index contributed by atoms with van der Waals surface area (Å²) < 4.78 is 11.3. The maximum absolute atomic E-state index is 5.91. The standard InChI is InChI=1S/C17H15ClN2O2S/c1-12-5-7-13(8-6-12)16-19-20-17(22-16)23-10-9-21-15-4-2-3-14(18)11-15/h2-8,11H,9-10H2,1H3. The minimum absolute atomic E-state index is 0.531. The van der Waals surface area contributed by atoms with Crippen LogP contribution in [-0.2, 0) is 0 Å². The van der Waals surface area contributed by atoms with Gasteiger partial charge in [0.05, 0.1) is 6.61 Å². The average Bonchev–Trinajstić information content (AvgIpc) is 3.01. The highest BCUT2D eigenvalue weighted by Crippen LogP contribution is 2.23. The highest BCUT2D eigenvalue weighted by Gasteiger charge is 2.08. The number of rotatable bonds is 6. The maximum Gasteiger partial charge on any atom is 0.276 e. The van der Waals surface area contributed by atoms with Crippen molar-refractivity contribution in [3.05, 3.63) is 59.1 Å². The molecule has 23 heavy (non-hydrogen) atoms. The van der Waals surface area contributed by atoms with Gasteiger partial charge in [0, 0.05) is 16.3 Å². The molecule has 3 rings (SSSR count). The van der Waals surface area contributed by atoms with Gasteiger partial charge in [-0.05, 0) is 37.3 Å². The van der Waals surface area contributed by atoms with E-state index >= 15 is 0 Å². The Hall–Kier alpha value is -1.98. The van der Waals surface area contributed by atoms with Crippen molar-refractivity contribution in [3.8, 4) is 17.2 Å². The molecule has 3 aromatic rings. The minimum atomic E-state index is 0.531. The Morgan fingerprint density at radius 2 is 1.96 bits per heavy atom. The summed E-state index contributed by atoms with van der Waals surface area (Å²) in [6.07, 6.45) is 0. The van der Waals surface area contributed by atoms with Crippen molar-refractivity contribution >= 4 is 23.4 Å². The van der Waals surface area contributed by atoms with Crippen LogP contribution in [0.15, 0.2) is 58.2 Å². The van der Waals surface area contributed by atoms with Crippen molar-refractivity contribution in [1.29, 1.82) is 0 Å². The number of hydrogen-bond donors (Lipinski definition) is 0. The topological polar surface area (TPSA) is 48.2 Å². The van der Waals surface area contributed by atoms with Crippen molar-refractivity contribution in [3.63, 3.8) is 0 Å². The van der Waals surface area contributed by atoms with Crippen LogP contribution in [0.25, 0.3) is 11.5 Å². The summed E-state index contributed by atoms with van der Waals surface area (Å²) in [6, 6.07) is 15.3. The van der Waals surface area contributed by atoms with E-state index in [2.05, 4.69) is 10.2 Å². The molecule has 0 bridgehead atoms. The molecule has 0 radical (unpaired) electrons. The first-order valence-electron chi connectivity index (χ1n) is 7.12. The molecule has 118 valence electrons. The zero-order valence-corrected chi connectivity index (χ0v) is 14.1. The van der Waals surface area contributed by atoms with E-state index in [-0.39, 0.29) is 0 Å². The summed E-state index contributed by atoms with van der Waals surface area (Å²) in [5.41, 5.74) is 2.12. The molecule has 0 saturated heterocycles. The molecule has 1 heterocycles. The van der Waals surface area contributed by atoms with Crippen LogP contribution in [0, 0.1) is 6.92 Å². The summed E-state index contributed by atoms with van der Waals surface area (Å²) in [7, 11) is 0. The summed E-state index contributed by atoms with van der Waals surface area (Å²) in [5.74, 6) is 1.99. The highest BCUT2D eigenvalue weighted by atomic mass is 35.5. The van der Waals surface area contributed by atoms with Crippen LogP contribution < -0.4 is 4.74 Å². The Bertz CT molecular complexity index is 774. The van der Waals surface area contributed by atoms with Crippen LogP contribution in [0.1, 0.15) is 5.56 Å². The predicted molar refractivity (Wildman–Crippen MR) is 92.1 cm³/mol. The smallest absolute Gasteiger partial charge is 0.276 e. The largest absolute Gasteiger partial charge is 0.493 e. The number of aryl methyl sites for hydroxylation is 1. The first-order valence-corrected chi connectivity index (χ1v) is 8.49. The molecule has 0 unspecified atom stereocenters. The SMILES string of the molecule is Cc1ccc(-c2nnc(SCCOc3cccc(Cl)c3)o2)cc1. The Morgan fingerprint density at radius 3 is 2.74 bits per heavy atom. The van der Waals surface area contributed by atoms with E-state index < -0.39 is 0 Å². The fourth-order valence-corrected chi connectivity index (χ4v) is 2.68. The van der Waals surface area contributed by atoms with Crippen LogP contribution in [0.3, 0.4) is 0 Å². The van der Waals surface area contributed by atoms with Gasteiger partial charge in [-0.2, -0.15) is 0 Å². The normalized spacial score (nSPS) is 10.7. The van der Waals surface area contributed by atoms with Crippen LogP contribution in [0.4, 0.5) is 0 Å². The van der Waals surface area contributed by atoms with Gasteiger partial charge < -0.3 is 9.15 Å². The molecule has 0 spiro atoms. The third kappa shape index (κ3) is 4.50. The van der Waals surface area contributed by atoms with Crippen LogP contribution in [-0.4, -0.2) is 22.6 Å². The van der Waals surface area contributed by atoms with Gasteiger partial charge in [0.2, 0.25) is 5.89 Å². The Kier molecular flexibility index (Phi) is 5.20. The van der Waals surface area contributed by atoms with E-state index in [1.54, 1.807) is 6.07 Å². The molecule has 0 N–H and O–H groups in total. The van der Waals surface area contributed by atoms with Crippen LogP contribution in [0.5, 0.6) is 5.75 Å². The van der Waals surface area contributed by atoms with E-state index in [0.29, 0.717) is 28.5 Å². The van der Waals surface area contributed by atoms with Crippen LogP contribution in [0.2, 0.25) is 5.02 Å². The van der Waals surface area contributed by atoms with E-state index in [4.69, 9.17) is 20.8 Å². The number of thioether (sulfide) groups is 1. The van der Waals surface area contributed by atoms with Gasteiger partial charge in [-0.15, -0.1) is 10.2 Å². The molecule has 0 saturated carbocycles. The fourth-order valence-electron chi connectivity index (χ4n) is 1.93. The molecular weight excluding hydrogens is 332 g/mol. The predicted octanol–water partition coefficient (Wildman–Crippen LogP) is 4.87. The first-order chi connectivity index (χ1) is 11.2. The average molecular weight is 347 g/mol. The fraction of sp³-hybridized carbons (Fsp3) is 0.176. The summed E-state index contributed by atoms with van der Waals surface area (Å²) >= 11 is 7.37. The number of halogens is 1. The molecular formula is C17H15ClN2O2S. The van der Waals surface area contributed by atoms with Crippen molar-refractivity contribution in [2.45, 2.75) is 12.1 Å². The first kappa shape index (κ1) is 15.9. The molecule has 0 amide bonds. The Labute approximate surface area is 143 Å². The monoisotopic (exact) mass is 346 g/mol. The molecule has 0 atom stereocenters. The van der Waals surface area contributed by atoms with Crippen molar-refractivity contribution in [2.24, 2.45) is 0 Å². The summed E-state index contributed by atoms with van der Waals surface area (Å²) in [4.78, 5) is 0. The molecule has 1 aromatic heterocycles. The zero-order chi connectivity index (χ0) is 16.1. The van der Waals surface area contributed by atoms with E-state index in [1.807, 2.05) is 49.4 Å². The number of benzene rings is 2. The molecule has 2 aromatic carbocycles. The Morgan fingerprint density at radius 1 is 1.13 bits per heavy atom. The second kappa shape index (κ2) is 7.53. The van der Waals surface area contributed by atoms with Gasteiger partial charge in [0.1, 0.15) is 5.75 Å². The molecule has 0 aliphatic rings. The summed E-state index contributed by atoms with van der Waals surface area (Å²) in [6.45, 7) is 2.58. The van der Waals surface area contributed by atoms with Gasteiger partial charge in [0.25, 0.3) is 5.22 Å². The maximum atomic E-state index is 5.91. The number of aromatic nitrogens is 2. The van der Waals surface area contributed by atoms with Gasteiger partial charge >= 0.3 is 0 Å². The number of ether oxygens (including phenoxy) is 1. The van der Waals surface area contributed by atoms with E-state index in [0.717, 1.165) is 11.3 Å². The van der Waals surface area contributed by atoms with Gasteiger partial charge in [0.15, 0.2) is 0 Å². The second-order valence-corrected chi connectivity index (χ2v) is 6.38. The zero-order valence-electron chi connectivity index (χ0n) is 12.5. The van der Waals surface area contributed by atoms with Gasteiger partial charge in [-0.3, -0.25) is 0 Å². The lowest BCUT2D eigenvalue weighted by atomic mass is 10.1. The molecule has 4 nitrogen and oxygen atoms in total. The number of hydrogen-bond acceptors (Lipinski definition) is 5. The lowest BCUT2D eigenvalue weighted by Crippen LogP contribution is -1.99. The van der Waals surface area contributed by atoms with Crippen molar-refractivity contribution in [2.75, 3.05) is 12.4 Å². The van der Waals surface area contributed by atoms with Crippen molar-refractivity contribution < 1.29 is 9.15 Å². The molecule has 0 aliphatic carbocycles. The third-order valence-electron chi connectivity index (χ3n) is 3.08. The third-order valence-corrected chi connectivity index (χ3v) is 4.10. The quantitative estimate of drug-likeness (QED) is 0.470. The minimum Gasteiger partial charge on any atom is -0.493 e. The lowest BCUT2D eigenvalue weighted by molar-refractivity contribution is 0.343. The molecule has 0 aliphatic heterocycles. The van der Waals surface area contributed by atoms with Gasteiger partial charge in [-0.25, -0.2) is 0 Å². The number of nitrogens with zero attached hydrogens (tertiary/aromatic N) is 2.